The molecule has 1 fully saturated rings. The normalized spacial score (nSPS) is 17.2. The quantitative estimate of drug-likeness (QED) is 0.680. The van der Waals surface area contributed by atoms with Crippen LogP contribution in [0.1, 0.15) is 34.0 Å². The molecule has 0 bridgehead atoms. The fourth-order valence-corrected chi connectivity index (χ4v) is 3.99. The molecular weight excluding hydrogens is 358 g/mol. The summed E-state index contributed by atoms with van der Waals surface area (Å²) in [4.78, 5) is 14.4. The Hall–Kier alpha value is -2.57. The average Bonchev–Trinajstić information content (AvgIpc) is 3.28. The molecule has 1 unspecified atom stereocenters. The van der Waals surface area contributed by atoms with Crippen LogP contribution in [0.5, 0.6) is 0 Å². The highest BCUT2D eigenvalue weighted by Gasteiger charge is 2.29. The predicted octanol–water partition coefficient (Wildman–Crippen LogP) is 3.60. The molecule has 138 valence electrons. The Morgan fingerprint density at radius 2 is 1.78 bits per heavy atom. The highest BCUT2D eigenvalue weighted by molar-refractivity contribution is 7.03. The third kappa shape index (κ3) is 4.23. The van der Waals surface area contributed by atoms with Gasteiger partial charge in [0.25, 0.3) is 5.91 Å². The predicted molar refractivity (Wildman–Crippen MR) is 105 cm³/mol. The van der Waals surface area contributed by atoms with E-state index in [0.717, 1.165) is 6.42 Å². The molecule has 27 heavy (non-hydrogen) atoms. The van der Waals surface area contributed by atoms with E-state index in [1.54, 1.807) is 5.38 Å². The van der Waals surface area contributed by atoms with Gasteiger partial charge in [0.15, 0.2) is 5.69 Å². The molecule has 0 radical (unpaired) electrons. The summed E-state index contributed by atoms with van der Waals surface area (Å²) in [6.07, 6.45) is 0.812. The van der Waals surface area contributed by atoms with Gasteiger partial charge in [-0.25, -0.2) is 0 Å². The van der Waals surface area contributed by atoms with Gasteiger partial charge in [-0.2, -0.15) is 0 Å². The highest BCUT2D eigenvalue weighted by atomic mass is 32.1. The van der Waals surface area contributed by atoms with Gasteiger partial charge in [0.05, 0.1) is 12.7 Å². The fraction of sp³-hybridized carbons (Fsp3) is 0.286. The molecular formula is C21H21N3O2S. The van der Waals surface area contributed by atoms with E-state index < -0.39 is 0 Å². The number of nitrogens with zero attached hydrogens (tertiary/aromatic N) is 3. The Labute approximate surface area is 162 Å². The number of morpholine rings is 1. The summed E-state index contributed by atoms with van der Waals surface area (Å²) in [7, 11) is 0. The summed E-state index contributed by atoms with van der Waals surface area (Å²) < 4.78 is 9.82. The molecule has 1 aliphatic heterocycles. The minimum atomic E-state index is -0.0620. The summed E-state index contributed by atoms with van der Waals surface area (Å²) in [5.74, 6) is 0.168. The van der Waals surface area contributed by atoms with Crippen molar-refractivity contribution in [2.24, 2.45) is 0 Å². The summed E-state index contributed by atoms with van der Waals surface area (Å²) in [6.45, 7) is 1.71. The summed E-state index contributed by atoms with van der Waals surface area (Å²) >= 11 is 1.20. The van der Waals surface area contributed by atoms with E-state index >= 15 is 0 Å². The Bertz CT molecular complexity index is 816. The standard InChI is InChI=1S/C21H21N3O2S/c25-21(20-15-27-23-22-20)24-11-12-26-18(14-24)13-19(16-7-3-1-4-8-16)17-9-5-2-6-10-17/h1-10,15,18-19H,11-14H2. The van der Waals surface area contributed by atoms with Crippen LogP contribution in [0.4, 0.5) is 0 Å². The molecule has 1 atom stereocenters. The molecule has 1 aromatic heterocycles. The van der Waals surface area contributed by atoms with E-state index in [0.29, 0.717) is 25.4 Å². The molecule has 0 N–H and O–H groups in total. The second kappa shape index (κ2) is 8.41. The minimum Gasteiger partial charge on any atom is -0.375 e. The van der Waals surface area contributed by atoms with Crippen molar-refractivity contribution in [3.05, 3.63) is 82.9 Å². The van der Waals surface area contributed by atoms with Crippen molar-refractivity contribution >= 4 is 17.4 Å². The Morgan fingerprint density at radius 3 is 2.37 bits per heavy atom. The molecule has 6 heteroatoms. The van der Waals surface area contributed by atoms with Gasteiger partial charge in [0.2, 0.25) is 0 Å². The lowest BCUT2D eigenvalue weighted by atomic mass is 9.86. The van der Waals surface area contributed by atoms with Crippen molar-refractivity contribution in [1.82, 2.24) is 14.5 Å². The Balaban J connectivity index is 1.52. The molecule has 1 aliphatic rings. The first kappa shape index (κ1) is 17.8. The van der Waals surface area contributed by atoms with Crippen LogP contribution in [-0.2, 0) is 4.74 Å². The van der Waals surface area contributed by atoms with Crippen LogP contribution in [0, 0.1) is 0 Å². The number of aromatic nitrogens is 2. The van der Waals surface area contributed by atoms with Crippen LogP contribution in [-0.4, -0.2) is 46.2 Å². The number of amides is 1. The van der Waals surface area contributed by atoms with E-state index in [2.05, 4.69) is 58.1 Å². The average molecular weight is 379 g/mol. The molecule has 1 amide bonds. The van der Waals surface area contributed by atoms with E-state index in [4.69, 9.17) is 4.74 Å². The van der Waals surface area contributed by atoms with Crippen LogP contribution >= 0.6 is 11.5 Å². The van der Waals surface area contributed by atoms with Crippen molar-refractivity contribution in [2.45, 2.75) is 18.4 Å². The number of carbonyl (C=O) groups excluding carboxylic acids is 1. The lowest BCUT2D eigenvalue weighted by Gasteiger charge is -2.34. The van der Waals surface area contributed by atoms with Gasteiger partial charge in [-0.05, 0) is 29.1 Å². The summed E-state index contributed by atoms with van der Waals surface area (Å²) in [6, 6.07) is 21.0. The number of hydrogen-bond acceptors (Lipinski definition) is 5. The van der Waals surface area contributed by atoms with Crippen molar-refractivity contribution in [2.75, 3.05) is 19.7 Å². The Morgan fingerprint density at radius 1 is 1.11 bits per heavy atom. The second-order valence-electron chi connectivity index (χ2n) is 6.64. The number of hydrogen-bond donors (Lipinski definition) is 0. The lowest BCUT2D eigenvalue weighted by Crippen LogP contribution is -2.46. The van der Waals surface area contributed by atoms with Gasteiger partial charge in [0, 0.05) is 24.4 Å². The van der Waals surface area contributed by atoms with Gasteiger partial charge in [-0.1, -0.05) is 65.2 Å². The van der Waals surface area contributed by atoms with Crippen molar-refractivity contribution in [3.8, 4) is 0 Å². The van der Waals surface area contributed by atoms with Crippen molar-refractivity contribution in [1.29, 1.82) is 0 Å². The Kier molecular flexibility index (Phi) is 5.55. The summed E-state index contributed by atoms with van der Waals surface area (Å²) in [5, 5.41) is 5.61. The number of carbonyl (C=O) groups is 1. The smallest absolute Gasteiger partial charge is 0.275 e. The molecule has 0 spiro atoms. The van der Waals surface area contributed by atoms with E-state index in [-0.39, 0.29) is 17.9 Å². The van der Waals surface area contributed by atoms with Crippen LogP contribution in [0.3, 0.4) is 0 Å². The largest absolute Gasteiger partial charge is 0.375 e. The molecule has 0 saturated carbocycles. The van der Waals surface area contributed by atoms with E-state index in [1.165, 1.54) is 22.7 Å². The van der Waals surface area contributed by atoms with Gasteiger partial charge >= 0.3 is 0 Å². The third-order valence-corrected chi connectivity index (χ3v) is 5.41. The number of rotatable bonds is 5. The van der Waals surface area contributed by atoms with E-state index in [9.17, 15) is 4.79 Å². The fourth-order valence-electron chi connectivity index (χ4n) is 3.56. The van der Waals surface area contributed by atoms with Crippen LogP contribution in [0.15, 0.2) is 66.0 Å². The van der Waals surface area contributed by atoms with Gasteiger partial charge < -0.3 is 9.64 Å². The number of benzene rings is 2. The van der Waals surface area contributed by atoms with Crippen LogP contribution in [0.25, 0.3) is 0 Å². The van der Waals surface area contributed by atoms with Crippen molar-refractivity contribution in [3.63, 3.8) is 0 Å². The van der Waals surface area contributed by atoms with Gasteiger partial charge in [-0.15, -0.1) is 5.10 Å². The monoisotopic (exact) mass is 379 g/mol. The highest BCUT2D eigenvalue weighted by Crippen LogP contribution is 2.31. The second-order valence-corrected chi connectivity index (χ2v) is 7.25. The molecule has 1 saturated heterocycles. The molecule has 2 aromatic carbocycles. The van der Waals surface area contributed by atoms with Crippen LogP contribution in [0.2, 0.25) is 0 Å². The maximum absolute atomic E-state index is 12.6. The maximum Gasteiger partial charge on any atom is 0.275 e. The molecule has 0 aliphatic carbocycles. The topological polar surface area (TPSA) is 55.3 Å². The zero-order valence-corrected chi connectivity index (χ0v) is 15.7. The number of ether oxygens (including phenoxy) is 1. The first-order chi connectivity index (χ1) is 13.3. The van der Waals surface area contributed by atoms with E-state index in [1.807, 2.05) is 17.0 Å². The van der Waals surface area contributed by atoms with Gasteiger partial charge in [0.1, 0.15) is 0 Å². The third-order valence-electron chi connectivity index (χ3n) is 4.91. The molecule has 4 rings (SSSR count). The first-order valence-corrected chi connectivity index (χ1v) is 9.93. The molecule has 2 heterocycles. The maximum atomic E-state index is 12.6. The van der Waals surface area contributed by atoms with Crippen LogP contribution < -0.4 is 0 Å². The molecule has 5 nitrogen and oxygen atoms in total. The minimum absolute atomic E-state index is 0.0142. The zero-order chi connectivity index (χ0) is 18.5. The first-order valence-electron chi connectivity index (χ1n) is 9.09. The van der Waals surface area contributed by atoms with Crippen molar-refractivity contribution < 1.29 is 9.53 Å². The SMILES string of the molecule is O=C(c1csnn1)N1CCOC(CC(c2ccccc2)c2ccccc2)C1. The van der Waals surface area contributed by atoms with Gasteiger partial charge in [-0.3, -0.25) is 4.79 Å². The zero-order valence-electron chi connectivity index (χ0n) is 14.9. The summed E-state index contributed by atoms with van der Waals surface area (Å²) in [5.41, 5.74) is 2.95. The molecule has 3 aromatic rings. The lowest BCUT2D eigenvalue weighted by molar-refractivity contribution is -0.0266.